The Bertz CT molecular complexity index is 739. The van der Waals surface area contributed by atoms with Crippen LogP contribution in [0.25, 0.3) is 0 Å². The van der Waals surface area contributed by atoms with E-state index in [0.717, 1.165) is 24.3 Å². The summed E-state index contributed by atoms with van der Waals surface area (Å²) in [5, 5.41) is 8.19. The largest absolute Gasteiger partial charge is 0.481 e. The molecule has 0 aliphatic heterocycles. The highest BCUT2D eigenvalue weighted by Gasteiger charge is 2.32. The van der Waals surface area contributed by atoms with Gasteiger partial charge in [-0.05, 0) is 37.5 Å². The van der Waals surface area contributed by atoms with Crippen LogP contribution in [-0.4, -0.2) is 28.8 Å². The first-order valence-corrected chi connectivity index (χ1v) is 8.53. The number of ether oxygens (including phenoxy) is 1. The number of carbonyl (C=O) groups excluding carboxylic acids is 1. The Balaban J connectivity index is 1.80. The number of hydrogen-bond donors (Lipinski definition) is 1. The van der Waals surface area contributed by atoms with Gasteiger partial charge in [0.2, 0.25) is 5.88 Å². The minimum absolute atomic E-state index is 0.114. The van der Waals surface area contributed by atoms with E-state index < -0.39 is 0 Å². The summed E-state index contributed by atoms with van der Waals surface area (Å²) in [6.07, 6.45) is 3.14. The van der Waals surface area contributed by atoms with Gasteiger partial charge < -0.3 is 10.1 Å². The topological polar surface area (TPSA) is 56.1 Å². The van der Waals surface area contributed by atoms with Crippen molar-refractivity contribution in [3.05, 3.63) is 46.1 Å². The summed E-state index contributed by atoms with van der Waals surface area (Å²) in [5.41, 5.74) is 2.41. The van der Waals surface area contributed by atoms with Crippen LogP contribution in [0.2, 0.25) is 5.02 Å². The second-order valence-corrected chi connectivity index (χ2v) is 6.70. The van der Waals surface area contributed by atoms with E-state index in [4.69, 9.17) is 16.3 Å². The van der Waals surface area contributed by atoms with Gasteiger partial charge in [-0.3, -0.25) is 4.79 Å². The Morgan fingerprint density at radius 3 is 2.71 bits per heavy atom. The number of methoxy groups -OCH3 is 1. The summed E-state index contributed by atoms with van der Waals surface area (Å²) in [4.78, 5) is 12.8. The van der Waals surface area contributed by atoms with Crippen molar-refractivity contribution in [1.82, 2.24) is 15.1 Å². The van der Waals surface area contributed by atoms with Crippen molar-refractivity contribution in [3.63, 3.8) is 0 Å². The maximum absolute atomic E-state index is 12.8. The van der Waals surface area contributed by atoms with Gasteiger partial charge in [0, 0.05) is 24.0 Å². The lowest BCUT2D eigenvalue weighted by Gasteiger charge is -2.21. The zero-order valence-corrected chi connectivity index (χ0v) is 14.9. The summed E-state index contributed by atoms with van der Waals surface area (Å²) >= 11 is 5.98. The molecule has 0 saturated heterocycles. The third-order valence-corrected chi connectivity index (χ3v) is 4.97. The number of nitrogens with zero attached hydrogens (tertiary/aromatic N) is 2. The van der Waals surface area contributed by atoms with Gasteiger partial charge in [-0.1, -0.05) is 30.2 Å². The van der Waals surface area contributed by atoms with Gasteiger partial charge in [-0.2, -0.15) is 5.10 Å². The monoisotopic (exact) mass is 347 g/mol. The van der Waals surface area contributed by atoms with Crippen molar-refractivity contribution in [2.75, 3.05) is 7.11 Å². The molecule has 0 radical (unpaired) electrons. The molecule has 0 bridgehead atoms. The van der Waals surface area contributed by atoms with Crippen LogP contribution in [0.1, 0.15) is 46.8 Å². The number of halogens is 1. The number of nitrogens with one attached hydrogen (secondary N) is 1. The second-order valence-electron chi connectivity index (χ2n) is 6.26. The van der Waals surface area contributed by atoms with Crippen molar-refractivity contribution >= 4 is 17.5 Å². The Kier molecular flexibility index (Phi) is 4.81. The maximum Gasteiger partial charge on any atom is 0.258 e. The molecule has 1 N–H and O–H groups in total. The van der Waals surface area contributed by atoms with Gasteiger partial charge in [0.25, 0.3) is 5.91 Å². The van der Waals surface area contributed by atoms with Crippen LogP contribution in [0.3, 0.4) is 0 Å². The molecule has 24 heavy (non-hydrogen) atoms. The molecule has 1 aromatic carbocycles. The molecule has 1 aromatic heterocycles. The zero-order valence-electron chi connectivity index (χ0n) is 14.2. The summed E-state index contributed by atoms with van der Waals surface area (Å²) in [7, 11) is 3.33. The Hall–Kier alpha value is -2.01. The van der Waals surface area contributed by atoms with Crippen LogP contribution >= 0.6 is 11.6 Å². The Labute approximate surface area is 147 Å². The number of aryl methyl sites for hydroxylation is 2. The van der Waals surface area contributed by atoms with Gasteiger partial charge in [0.1, 0.15) is 5.56 Å². The lowest BCUT2D eigenvalue weighted by Crippen LogP contribution is -2.36. The summed E-state index contributed by atoms with van der Waals surface area (Å²) in [6.45, 7) is 1.82. The predicted molar refractivity (Wildman–Crippen MR) is 93.8 cm³/mol. The van der Waals surface area contributed by atoms with Crippen LogP contribution in [0, 0.1) is 6.92 Å². The van der Waals surface area contributed by atoms with Crippen molar-refractivity contribution < 1.29 is 9.53 Å². The van der Waals surface area contributed by atoms with Crippen LogP contribution in [0.5, 0.6) is 5.88 Å². The molecule has 1 aliphatic carbocycles. The maximum atomic E-state index is 12.8. The fraction of sp³-hybridized carbons (Fsp3) is 0.444. The van der Waals surface area contributed by atoms with E-state index in [2.05, 4.69) is 10.4 Å². The van der Waals surface area contributed by atoms with E-state index in [1.165, 1.54) is 5.56 Å². The predicted octanol–water partition coefficient (Wildman–Crippen LogP) is 3.46. The lowest BCUT2D eigenvalue weighted by molar-refractivity contribution is 0.0930. The molecule has 128 valence electrons. The lowest BCUT2D eigenvalue weighted by atomic mass is 9.94. The van der Waals surface area contributed by atoms with Crippen LogP contribution in [0.4, 0.5) is 0 Å². The molecular formula is C18H22ClN3O2. The zero-order chi connectivity index (χ0) is 17.3. The van der Waals surface area contributed by atoms with Crippen molar-refractivity contribution in [2.45, 2.75) is 38.1 Å². The number of hydrogen-bond acceptors (Lipinski definition) is 3. The normalized spacial score (nSPS) is 20.2. The number of rotatable bonds is 4. The standard InChI is InChI=1S/C18H22ClN3O2/c1-11-16(18(24-3)22(2)21-11)17(23)20-15-6-4-5-14(15)12-7-9-13(19)10-8-12/h7-10,14-15H,4-6H2,1-3H3,(H,20,23). The molecule has 0 spiro atoms. The van der Waals surface area contributed by atoms with Crippen molar-refractivity contribution in [3.8, 4) is 5.88 Å². The average molecular weight is 348 g/mol. The summed E-state index contributed by atoms with van der Waals surface area (Å²) in [6, 6.07) is 8.02. The minimum atomic E-state index is -0.122. The molecule has 1 saturated carbocycles. The molecule has 5 nitrogen and oxygen atoms in total. The fourth-order valence-corrected chi connectivity index (χ4v) is 3.74. The molecule has 1 amide bonds. The van der Waals surface area contributed by atoms with Gasteiger partial charge in [0.15, 0.2) is 0 Å². The van der Waals surface area contributed by atoms with Gasteiger partial charge >= 0.3 is 0 Å². The van der Waals surface area contributed by atoms with Crippen LogP contribution < -0.4 is 10.1 Å². The number of aromatic nitrogens is 2. The average Bonchev–Trinajstić information content (AvgIpc) is 3.11. The molecule has 3 rings (SSSR count). The molecular weight excluding hydrogens is 326 g/mol. The minimum Gasteiger partial charge on any atom is -0.481 e. The van der Waals surface area contributed by atoms with Crippen molar-refractivity contribution in [2.24, 2.45) is 7.05 Å². The van der Waals surface area contributed by atoms with E-state index in [-0.39, 0.29) is 11.9 Å². The van der Waals surface area contributed by atoms with Crippen LogP contribution in [0.15, 0.2) is 24.3 Å². The smallest absolute Gasteiger partial charge is 0.258 e. The van der Waals surface area contributed by atoms with E-state index >= 15 is 0 Å². The molecule has 2 aromatic rings. The first-order valence-electron chi connectivity index (χ1n) is 8.15. The fourth-order valence-electron chi connectivity index (χ4n) is 3.61. The second kappa shape index (κ2) is 6.85. The first kappa shape index (κ1) is 16.8. The Morgan fingerprint density at radius 2 is 2.04 bits per heavy atom. The number of amides is 1. The van der Waals surface area contributed by atoms with Crippen molar-refractivity contribution in [1.29, 1.82) is 0 Å². The van der Waals surface area contributed by atoms with E-state index in [9.17, 15) is 4.79 Å². The Morgan fingerprint density at radius 1 is 1.33 bits per heavy atom. The molecule has 6 heteroatoms. The third kappa shape index (κ3) is 3.13. The van der Waals surface area contributed by atoms with Crippen LogP contribution in [-0.2, 0) is 7.05 Å². The molecule has 1 heterocycles. The van der Waals surface area contributed by atoms with E-state index in [1.54, 1.807) is 18.8 Å². The summed E-state index contributed by atoms with van der Waals surface area (Å²) < 4.78 is 6.93. The molecule has 1 fully saturated rings. The quantitative estimate of drug-likeness (QED) is 0.921. The first-order chi connectivity index (χ1) is 11.5. The van der Waals surface area contributed by atoms with E-state index in [0.29, 0.717) is 23.1 Å². The van der Waals surface area contributed by atoms with Gasteiger partial charge in [-0.25, -0.2) is 4.68 Å². The van der Waals surface area contributed by atoms with Gasteiger partial charge in [-0.15, -0.1) is 0 Å². The highest BCUT2D eigenvalue weighted by Crippen LogP contribution is 2.35. The van der Waals surface area contributed by atoms with E-state index in [1.807, 2.05) is 31.2 Å². The number of carbonyl (C=O) groups is 1. The summed E-state index contributed by atoms with van der Waals surface area (Å²) in [5.74, 6) is 0.684. The molecule has 2 atom stereocenters. The highest BCUT2D eigenvalue weighted by atomic mass is 35.5. The highest BCUT2D eigenvalue weighted by molar-refractivity contribution is 6.30. The molecule has 2 unspecified atom stereocenters. The number of benzene rings is 1. The molecule has 1 aliphatic rings. The third-order valence-electron chi connectivity index (χ3n) is 4.72. The SMILES string of the molecule is COc1c(C(=O)NC2CCCC2c2ccc(Cl)cc2)c(C)nn1C. The van der Waals surface area contributed by atoms with Gasteiger partial charge in [0.05, 0.1) is 12.8 Å².